The monoisotopic (exact) mass is 444 g/mol. The van der Waals surface area contributed by atoms with Gasteiger partial charge in [0.05, 0.1) is 13.0 Å². The molecule has 0 bridgehead atoms. The second-order valence-corrected chi connectivity index (χ2v) is 9.49. The van der Waals surface area contributed by atoms with E-state index in [0.717, 1.165) is 43.8 Å². The van der Waals surface area contributed by atoms with Crippen LogP contribution in [0.4, 0.5) is 11.6 Å². The quantitative estimate of drug-likeness (QED) is 0.525. The van der Waals surface area contributed by atoms with Crippen LogP contribution in [0.1, 0.15) is 70.3 Å². The topological polar surface area (TPSA) is 87.8 Å². The summed E-state index contributed by atoms with van der Waals surface area (Å²) in [6.07, 6.45) is 11.2. The highest BCUT2D eigenvalue weighted by Crippen LogP contribution is 2.32. The molecule has 3 aliphatic rings. The predicted molar refractivity (Wildman–Crippen MR) is 127 cm³/mol. The van der Waals surface area contributed by atoms with Crippen molar-refractivity contribution in [2.75, 3.05) is 56.5 Å². The summed E-state index contributed by atoms with van der Waals surface area (Å²) in [5.74, 6) is 1.08. The number of fused-ring (bicyclic) bond motifs is 1. The highest BCUT2D eigenvalue weighted by Gasteiger charge is 2.32. The van der Waals surface area contributed by atoms with Crippen LogP contribution in [0.25, 0.3) is 0 Å². The van der Waals surface area contributed by atoms with Crippen LogP contribution in [-0.4, -0.2) is 77.6 Å². The third-order valence-corrected chi connectivity index (χ3v) is 7.21. The van der Waals surface area contributed by atoms with E-state index < -0.39 is 0 Å². The molecule has 1 amide bonds. The molecule has 2 N–H and O–H groups in total. The van der Waals surface area contributed by atoms with Crippen molar-refractivity contribution in [3.63, 3.8) is 0 Å². The van der Waals surface area contributed by atoms with E-state index in [9.17, 15) is 4.79 Å². The van der Waals surface area contributed by atoms with Crippen molar-refractivity contribution in [1.82, 2.24) is 19.8 Å². The number of unbranched alkanes of at least 4 members (excludes halogenated alkanes) is 3. The number of anilines is 2. The molecule has 0 aromatic carbocycles. The maximum Gasteiger partial charge on any atom is 0.320 e. The van der Waals surface area contributed by atoms with Gasteiger partial charge < -0.3 is 15.4 Å². The molecular formula is C24H40N6O2. The van der Waals surface area contributed by atoms with E-state index in [2.05, 4.69) is 26.7 Å². The van der Waals surface area contributed by atoms with Gasteiger partial charge in [0.1, 0.15) is 11.6 Å². The number of nitrogen functional groups attached to an aromatic ring is 1. The number of rotatable bonds is 11. The maximum atomic E-state index is 12.6. The molecule has 1 aromatic heterocycles. The molecule has 178 valence electrons. The van der Waals surface area contributed by atoms with Gasteiger partial charge in [-0.25, -0.2) is 0 Å². The van der Waals surface area contributed by atoms with Gasteiger partial charge in [-0.05, 0) is 38.6 Å². The summed E-state index contributed by atoms with van der Waals surface area (Å²) >= 11 is 0. The number of amides is 1. The Morgan fingerprint density at radius 3 is 2.50 bits per heavy atom. The molecule has 2 aliphatic heterocycles. The first-order valence-electron chi connectivity index (χ1n) is 12.7. The zero-order chi connectivity index (χ0) is 22.3. The second-order valence-electron chi connectivity index (χ2n) is 9.49. The van der Waals surface area contributed by atoms with Gasteiger partial charge in [-0.2, -0.15) is 9.97 Å². The lowest BCUT2D eigenvalue weighted by Gasteiger charge is -2.38. The molecule has 1 aromatic rings. The Labute approximate surface area is 192 Å². The van der Waals surface area contributed by atoms with E-state index in [1.807, 2.05) is 0 Å². The zero-order valence-electron chi connectivity index (χ0n) is 19.7. The smallest absolute Gasteiger partial charge is 0.320 e. The Morgan fingerprint density at radius 2 is 1.75 bits per heavy atom. The molecule has 0 radical (unpaired) electrons. The van der Waals surface area contributed by atoms with Crippen molar-refractivity contribution in [3.05, 3.63) is 5.56 Å². The first kappa shape index (κ1) is 23.2. The number of hydrogen-bond acceptors (Lipinski definition) is 7. The van der Waals surface area contributed by atoms with E-state index in [1.165, 1.54) is 58.3 Å². The molecule has 4 rings (SSSR count). The van der Waals surface area contributed by atoms with Gasteiger partial charge in [-0.3, -0.25) is 14.6 Å². The SMILES string of the molecule is CCCCOc1nc(N)c2c(n1)N(CCCCCN1CCN(C3CCCC3)CC1)C(=O)C2. The van der Waals surface area contributed by atoms with E-state index in [-0.39, 0.29) is 11.9 Å². The highest BCUT2D eigenvalue weighted by atomic mass is 16.5. The minimum absolute atomic E-state index is 0.0646. The lowest BCUT2D eigenvalue weighted by atomic mass is 10.1. The highest BCUT2D eigenvalue weighted by molar-refractivity contribution is 6.01. The summed E-state index contributed by atoms with van der Waals surface area (Å²) in [5.41, 5.74) is 6.84. The predicted octanol–water partition coefficient (Wildman–Crippen LogP) is 2.86. The number of piperazine rings is 1. The molecular weight excluding hydrogens is 404 g/mol. The average Bonchev–Trinajstić information content (AvgIpc) is 3.43. The molecule has 1 aliphatic carbocycles. The van der Waals surface area contributed by atoms with E-state index in [1.54, 1.807) is 4.90 Å². The van der Waals surface area contributed by atoms with Crippen molar-refractivity contribution in [2.24, 2.45) is 0 Å². The molecule has 8 nitrogen and oxygen atoms in total. The normalized spacial score (nSPS) is 20.3. The number of carbonyl (C=O) groups excluding carboxylic acids is 1. The Balaban J connectivity index is 1.18. The van der Waals surface area contributed by atoms with Gasteiger partial charge >= 0.3 is 6.01 Å². The molecule has 2 fully saturated rings. The molecule has 3 heterocycles. The molecule has 0 atom stereocenters. The molecule has 1 saturated heterocycles. The molecule has 0 spiro atoms. The first-order chi connectivity index (χ1) is 15.7. The standard InChI is InChI=1S/C24H40N6O2/c1-2-3-17-32-24-26-22(25)20-18-21(31)30(23(20)27-24)12-8-4-7-11-28-13-15-29(16-14-28)19-9-5-6-10-19/h19H,2-18H2,1H3,(H2,25,26,27). The van der Waals surface area contributed by atoms with Crippen LogP contribution in [0.2, 0.25) is 0 Å². The summed E-state index contributed by atoms with van der Waals surface area (Å²) in [4.78, 5) is 28.4. The zero-order valence-corrected chi connectivity index (χ0v) is 19.7. The van der Waals surface area contributed by atoms with Gasteiger partial charge in [-0.15, -0.1) is 0 Å². The Kier molecular flexibility index (Phi) is 8.19. The lowest BCUT2D eigenvalue weighted by molar-refractivity contribution is -0.117. The van der Waals surface area contributed by atoms with Gasteiger partial charge in [0.2, 0.25) is 5.91 Å². The van der Waals surface area contributed by atoms with Crippen LogP contribution in [0, 0.1) is 0 Å². The van der Waals surface area contributed by atoms with E-state index in [0.29, 0.717) is 31.2 Å². The van der Waals surface area contributed by atoms with Gasteiger partial charge in [-0.1, -0.05) is 32.6 Å². The third kappa shape index (κ3) is 5.70. The summed E-state index contributed by atoms with van der Waals surface area (Å²) < 4.78 is 5.64. The molecule has 32 heavy (non-hydrogen) atoms. The number of aromatic nitrogens is 2. The fraction of sp³-hybridized carbons (Fsp3) is 0.792. The van der Waals surface area contributed by atoms with Crippen LogP contribution in [-0.2, 0) is 11.2 Å². The Bertz CT molecular complexity index is 759. The number of nitrogens with two attached hydrogens (primary N) is 1. The van der Waals surface area contributed by atoms with Crippen molar-refractivity contribution in [1.29, 1.82) is 0 Å². The van der Waals surface area contributed by atoms with Crippen molar-refractivity contribution >= 4 is 17.5 Å². The summed E-state index contributed by atoms with van der Waals surface area (Å²) in [6.45, 7) is 9.38. The van der Waals surface area contributed by atoms with Crippen LogP contribution in [0.15, 0.2) is 0 Å². The minimum Gasteiger partial charge on any atom is -0.463 e. The Morgan fingerprint density at radius 1 is 1.00 bits per heavy atom. The molecule has 1 saturated carbocycles. The van der Waals surface area contributed by atoms with Gasteiger partial charge in [0.25, 0.3) is 0 Å². The van der Waals surface area contributed by atoms with Crippen molar-refractivity contribution < 1.29 is 9.53 Å². The second kappa shape index (κ2) is 11.3. The number of nitrogens with zero attached hydrogens (tertiary/aromatic N) is 5. The van der Waals surface area contributed by atoms with E-state index >= 15 is 0 Å². The molecule has 0 unspecified atom stereocenters. The summed E-state index contributed by atoms with van der Waals surface area (Å²) in [7, 11) is 0. The van der Waals surface area contributed by atoms with Crippen LogP contribution >= 0.6 is 0 Å². The minimum atomic E-state index is 0.0646. The maximum absolute atomic E-state index is 12.6. The molecule has 8 heteroatoms. The number of hydrogen-bond donors (Lipinski definition) is 1. The fourth-order valence-electron chi connectivity index (χ4n) is 5.23. The van der Waals surface area contributed by atoms with E-state index in [4.69, 9.17) is 10.5 Å². The van der Waals surface area contributed by atoms with Gasteiger partial charge in [0, 0.05) is 44.3 Å². The van der Waals surface area contributed by atoms with Crippen molar-refractivity contribution in [2.45, 2.75) is 77.2 Å². The third-order valence-electron chi connectivity index (χ3n) is 7.21. The number of ether oxygens (including phenoxy) is 1. The summed E-state index contributed by atoms with van der Waals surface area (Å²) in [5, 5.41) is 0. The first-order valence-corrected chi connectivity index (χ1v) is 12.7. The van der Waals surface area contributed by atoms with Crippen molar-refractivity contribution in [3.8, 4) is 6.01 Å². The number of carbonyl (C=O) groups is 1. The largest absolute Gasteiger partial charge is 0.463 e. The fourth-order valence-corrected chi connectivity index (χ4v) is 5.23. The van der Waals surface area contributed by atoms with Crippen LogP contribution in [0.5, 0.6) is 6.01 Å². The lowest BCUT2D eigenvalue weighted by Crippen LogP contribution is -2.49. The van der Waals surface area contributed by atoms with Crippen LogP contribution < -0.4 is 15.4 Å². The Hall–Kier alpha value is -1.93. The van der Waals surface area contributed by atoms with Crippen LogP contribution in [0.3, 0.4) is 0 Å². The summed E-state index contributed by atoms with van der Waals surface area (Å²) in [6, 6.07) is 1.14. The van der Waals surface area contributed by atoms with Gasteiger partial charge in [0.15, 0.2) is 0 Å². The average molecular weight is 445 g/mol.